The quantitative estimate of drug-likeness (QED) is 0.863. The summed E-state index contributed by atoms with van der Waals surface area (Å²) in [5, 5.41) is 0. The number of rotatable bonds is 3. The molecule has 8 heteroatoms. The minimum absolute atomic E-state index is 0.0724. The highest BCUT2D eigenvalue weighted by Gasteiger charge is 2.31. The third-order valence-electron chi connectivity index (χ3n) is 4.26. The molecular weight excluding hydrogens is 321 g/mol. The number of hydrogen-bond donors (Lipinski definition) is 0. The fourth-order valence-corrected chi connectivity index (χ4v) is 2.88. The molecule has 1 saturated heterocycles. The largest absolute Gasteiger partial charge is 0.417 e. The lowest BCUT2D eigenvalue weighted by molar-refractivity contribution is -0.137. The van der Waals surface area contributed by atoms with Gasteiger partial charge in [0.15, 0.2) is 0 Å². The van der Waals surface area contributed by atoms with Crippen LogP contribution >= 0.6 is 0 Å². The minimum Gasteiger partial charge on any atom is -0.357 e. The van der Waals surface area contributed by atoms with Gasteiger partial charge in [-0.25, -0.2) is 9.97 Å². The molecule has 0 atom stereocenters. The molecule has 0 N–H and O–H groups in total. The van der Waals surface area contributed by atoms with Gasteiger partial charge >= 0.3 is 6.18 Å². The zero-order chi connectivity index (χ0) is 17.2. The van der Waals surface area contributed by atoms with Crippen molar-refractivity contribution >= 4 is 5.82 Å². The lowest BCUT2D eigenvalue weighted by Crippen LogP contribution is -2.36. The Morgan fingerprint density at radius 2 is 1.92 bits per heavy atom. The van der Waals surface area contributed by atoms with Crippen molar-refractivity contribution < 1.29 is 13.2 Å². The summed E-state index contributed by atoms with van der Waals surface area (Å²) in [5.74, 6) is 0.901. The molecule has 128 valence electrons. The van der Waals surface area contributed by atoms with Crippen molar-refractivity contribution in [2.24, 2.45) is 5.92 Å². The maximum atomic E-state index is 12.6. The van der Waals surface area contributed by atoms with Crippen molar-refractivity contribution in [3.63, 3.8) is 0 Å². The first-order chi connectivity index (χ1) is 11.4. The average molecular weight is 338 g/mol. The number of halogens is 3. The van der Waals surface area contributed by atoms with Gasteiger partial charge in [-0.2, -0.15) is 13.2 Å². The zero-order valence-corrected chi connectivity index (χ0v) is 12.9. The molecule has 3 rings (SSSR count). The Kier molecular flexibility index (Phi) is 4.55. The molecule has 3 heterocycles. The SMILES string of the molecule is O=c1ccncn1CC1CCN(c2ccc(C(F)(F)F)cn2)CC1. The van der Waals surface area contributed by atoms with Crippen molar-refractivity contribution in [2.75, 3.05) is 18.0 Å². The molecular formula is C16H17F3N4O. The second-order valence-corrected chi connectivity index (χ2v) is 5.90. The number of pyridine rings is 1. The summed E-state index contributed by atoms with van der Waals surface area (Å²) in [5.41, 5.74) is -0.811. The monoisotopic (exact) mass is 338 g/mol. The van der Waals surface area contributed by atoms with Gasteiger partial charge < -0.3 is 4.90 Å². The van der Waals surface area contributed by atoms with Crippen LogP contribution in [0.5, 0.6) is 0 Å². The summed E-state index contributed by atoms with van der Waals surface area (Å²) in [6.07, 6.45) is 1.21. The molecule has 2 aromatic heterocycles. The Hall–Kier alpha value is -2.38. The number of nitrogens with zero attached hydrogens (tertiary/aromatic N) is 4. The number of alkyl halides is 3. The molecule has 5 nitrogen and oxygen atoms in total. The molecule has 24 heavy (non-hydrogen) atoms. The van der Waals surface area contributed by atoms with Gasteiger partial charge in [0.05, 0.1) is 11.9 Å². The standard InChI is InChI=1S/C16H17F3N4O/c17-16(18,19)13-1-2-14(21-9-13)22-7-4-12(5-8-22)10-23-11-20-6-3-15(23)24/h1-3,6,9,11-12H,4-5,7-8,10H2. The molecule has 0 aliphatic carbocycles. The van der Waals surface area contributed by atoms with Gasteiger partial charge in [0.25, 0.3) is 5.56 Å². The van der Waals surface area contributed by atoms with Gasteiger partial charge in [-0.15, -0.1) is 0 Å². The van der Waals surface area contributed by atoms with Gasteiger partial charge in [0.2, 0.25) is 0 Å². The molecule has 1 aliphatic rings. The van der Waals surface area contributed by atoms with Crippen LogP contribution in [-0.2, 0) is 12.7 Å². The van der Waals surface area contributed by atoms with Crippen LogP contribution in [0.15, 0.2) is 41.7 Å². The Labute approximate surface area is 136 Å². The molecule has 0 unspecified atom stereocenters. The zero-order valence-electron chi connectivity index (χ0n) is 12.9. The number of aromatic nitrogens is 3. The Morgan fingerprint density at radius 1 is 1.17 bits per heavy atom. The van der Waals surface area contributed by atoms with E-state index in [0.717, 1.165) is 25.1 Å². The normalized spacial score (nSPS) is 16.4. The van der Waals surface area contributed by atoms with E-state index in [4.69, 9.17) is 0 Å². The predicted molar refractivity (Wildman–Crippen MR) is 82.7 cm³/mol. The van der Waals surface area contributed by atoms with Crippen LogP contribution in [0.1, 0.15) is 18.4 Å². The predicted octanol–water partition coefficient (Wildman–Crippen LogP) is 2.57. The average Bonchev–Trinajstić information content (AvgIpc) is 2.57. The Bertz CT molecular complexity index is 734. The van der Waals surface area contributed by atoms with Crippen LogP contribution in [0.4, 0.5) is 19.0 Å². The van der Waals surface area contributed by atoms with Gasteiger partial charge in [-0.1, -0.05) is 0 Å². The van der Waals surface area contributed by atoms with Crippen molar-refractivity contribution in [3.05, 3.63) is 52.8 Å². The van der Waals surface area contributed by atoms with Crippen LogP contribution in [-0.4, -0.2) is 27.6 Å². The van der Waals surface area contributed by atoms with Crippen LogP contribution in [0.25, 0.3) is 0 Å². The minimum atomic E-state index is -4.37. The highest BCUT2D eigenvalue weighted by atomic mass is 19.4. The number of anilines is 1. The highest BCUT2D eigenvalue weighted by molar-refractivity contribution is 5.40. The van der Waals surface area contributed by atoms with E-state index in [0.29, 0.717) is 31.4 Å². The summed E-state index contributed by atoms with van der Waals surface area (Å²) in [6, 6.07) is 3.90. The first-order valence-electron chi connectivity index (χ1n) is 7.72. The van der Waals surface area contributed by atoms with E-state index in [1.165, 1.54) is 24.7 Å². The van der Waals surface area contributed by atoms with E-state index in [1.807, 2.05) is 4.90 Å². The van der Waals surface area contributed by atoms with Gasteiger partial charge in [-0.05, 0) is 30.9 Å². The van der Waals surface area contributed by atoms with E-state index < -0.39 is 11.7 Å². The van der Waals surface area contributed by atoms with Crippen LogP contribution in [0, 0.1) is 5.92 Å². The van der Waals surface area contributed by atoms with Crippen molar-refractivity contribution in [3.8, 4) is 0 Å². The summed E-state index contributed by atoms with van der Waals surface area (Å²) in [7, 11) is 0. The molecule has 0 saturated carbocycles. The molecule has 1 aliphatic heterocycles. The molecule has 0 amide bonds. The fourth-order valence-electron chi connectivity index (χ4n) is 2.88. The summed E-state index contributed by atoms with van der Waals surface area (Å²) in [4.78, 5) is 21.6. The van der Waals surface area contributed by atoms with Crippen LogP contribution < -0.4 is 10.5 Å². The van der Waals surface area contributed by atoms with Crippen molar-refractivity contribution in [2.45, 2.75) is 25.6 Å². The van der Waals surface area contributed by atoms with Gasteiger partial charge in [0.1, 0.15) is 5.82 Å². The molecule has 1 fully saturated rings. The third-order valence-corrected chi connectivity index (χ3v) is 4.26. The van der Waals surface area contributed by atoms with Crippen molar-refractivity contribution in [1.82, 2.24) is 14.5 Å². The molecule has 0 radical (unpaired) electrons. The second-order valence-electron chi connectivity index (χ2n) is 5.90. The lowest BCUT2D eigenvalue weighted by Gasteiger charge is -2.33. The second kappa shape index (κ2) is 6.62. The first kappa shape index (κ1) is 16.5. The smallest absolute Gasteiger partial charge is 0.357 e. The topological polar surface area (TPSA) is 51.0 Å². The molecule has 0 aromatic carbocycles. The molecule has 0 spiro atoms. The van der Waals surface area contributed by atoms with E-state index >= 15 is 0 Å². The highest BCUT2D eigenvalue weighted by Crippen LogP contribution is 2.30. The van der Waals surface area contributed by atoms with E-state index in [1.54, 1.807) is 4.57 Å². The van der Waals surface area contributed by atoms with Crippen molar-refractivity contribution in [1.29, 1.82) is 0 Å². The summed E-state index contributed by atoms with van der Waals surface area (Å²) < 4.78 is 39.3. The van der Waals surface area contributed by atoms with Gasteiger partial charge in [0, 0.05) is 38.1 Å². The third kappa shape index (κ3) is 3.74. The molecule has 2 aromatic rings. The van der Waals surface area contributed by atoms with E-state index in [-0.39, 0.29) is 5.56 Å². The van der Waals surface area contributed by atoms with Gasteiger partial charge in [-0.3, -0.25) is 9.36 Å². The van der Waals surface area contributed by atoms with Crippen LogP contribution in [0.3, 0.4) is 0 Å². The van der Waals surface area contributed by atoms with E-state index in [9.17, 15) is 18.0 Å². The Balaban J connectivity index is 1.59. The first-order valence-corrected chi connectivity index (χ1v) is 7.72. The summed E-state index contributed by atoms with van der Waals surface area (Å²) in [6.45, 7) is 2.02. The maximum absolute atomic E-state index is 12.6. The Morgan fingerprint density at radius 3 is 2.50 bits per heavy atom. The molecule has 0 bridgehead atoms. The summed E-state index contributed by atoms with van der Waals surface area (Å²) >= 11 is 0. The number of hydrogen-bond acceptors (Lipinski definition) is 4. The lowest BCUT2D eigenvalue weighted by atomic mass is 9.96. The fraction of sp³-hybridized carbons (Fsp3) is 0.438. The number of piperidine rings is 1. The van der Waals surface area contributed by atoms with E-state index in [2.05, 4.69) is 9.97 Å². The van der Waals surface area contributed by atoms with Crippen LogP contribution in [0.2, 0.25) is 0 Å². The maximum Gasteiger partial charge on any atom is 0.417 e.